The Balaban J connectivity index is 0.921. The van der Waals surface area contributed by atoms with Crippen LogP contribution in [0.4, 0.5) is 17.1 Å². The minimum absolute atomic E-state index is 0.479. The van der Waals surface area contributed by atoms with Gasteiger partial charge in [-0.05, 0) is 172 Å². The minimum atomic E-state index is -0.582. The lowest BCUT2D eigenvalue weighted by Gasteiger charge is -2.35. The zero-order chi connectivity index (χ0) is 46.2. The number of nitrogens with zero attached hydrogens (tertiary/aromatic N) is 1. The van der Waals surface area contributed by atoms with Gasteiger partial charge < -0.3 is 9.64 Å². The van der Waals surface area contributed by atoms with Gasteiger partial charge in [0.05, 0.1) is 5.41 Å². The third kappa shape index (κ3) is 8.02. The van der Waals surface area contributed by atoms with Gasteiger partial charge in [0.2, 0.25) is 0 Å². The lowest BCUT2D eigenvalue weighted by atomic mass is 9.67. The number of fused-ring (bicyclic) bond motifs is 4. The smallest absolute Gasteiger partial charge is 0.119 e. The predicted molar refractivity (Wildman–Crippen MR) is 284 cm³/mol. The molecule has 0 bridgehead atoms. The molecule has 0 radical (unpaired) electrons. The summed E-state index contributed by atoms with van der Waals surface area (Å²) in [6.07, 6.45) is 4.80. The molecule has 334 valence electrons. The van der Waals surface area contributed by atoms with E-state index in [2.05, 4.69) is 245 Å². The number of anilines is 3. The van der Waals surface area contributed by atoms with Crippen molar-refractivity contribution in [1.29, 1.82) is 0 Å². The fraction of sp³-hybridized carbons (Fsp3) is 0.182. The van der Waals surface area contributed by atoms with Crippen molar-refractivity contribution in [2.24, 2.45) is 0 Å². The second kappa shape index (κ2) is 18.3. The number of benzene rings is 9. The molecule has 0 spiro atoms. The van der Waals surface area contributed by atoms with E-state index in [4.69, 9.17) is 4.74 Å². The van der Waals surface area contributed by atoms with Crippen LogP contribution in [0.1, 0.15) is 99.7 Å². The molecule has 0 amide bonds. The average molecular weight is 882 g/mol. The van der Waals surface area contributed by atoms with Crippen molar-refractivity contribution in [2.45, 2.75) is 77.2 Å². The number of rotatable bonds is 14. The minimum Gasteiger partial charge on any atom is -0.489 e. The summed E-state index contributed by atoms with van der Waals surface area (Å²) in [5.74, 6) is 1.92. The molecular weight excluding hydrogens is 823 g/mol. The van der Waals surface area contributed by atoms with Crippen LogP contribution in [0.25, 0.3) is 22.3 Å². The van der Waals surface area contributed by atoms with Crippen molar-refractivity contribution in [3.8, 4) is 28.0 Å². The summed E-state index contributed by atoms with van der Waals surface area (Å²) in [6, 6.07) is 78.8. The Kier molecular flexibility index (Phi) is 11.6. The topological polar surface area (TPSA) is 12.5 Å². The Morgan fingerprint density at radius 1 is 0.500 bits per heavy atom. The molecule has 68 heavy (non-hydrogen) atoms. The number of aryl methyl sites for hydroxylation is 4. The van der Waals surface area contributed by atoms with Crippen LogP contribution in [0, 0.1) is 13.8 Å². The second-order valence-electron chi connectivity index (χ2n) is 19.3. The van der Waals surface area contributed by atoms with Gasteiger partial charge in [0.1, 0.15) is 12.4 Å². The molecule has 2 aliphatic carbocycles. The van der Waals surface area contributed by atoms with E-state index in [-0.39, 0.29) is 0 Å². The highest BCUT2D eigenvalue weighted by molar-refractivity contribution is 5.90. The van der Waals surface area contributed by atoms with E-state index in [0.717, 1.165) is 35.7 Å². The van der Waals surface area contributed by atoms with E-state index >= 15 is 0 Å². The standard InChI is InChI=1S/C66H59NO/c1-5-49(54-26-24-53-25-27-55(53)42-54)41-47(4)50-22-20-48(21-23-50)44-68-61-35-30-56(31-36-61)66(57-39-45(2)38-46(3)40-57)64-19-13-12-18-62(64)63-37-34-60(43-65(63)66)67(58-16-10-7-11-17-58)59-32-28-52(29-33-59)51-14-8-6-9-15-51/h6-24,26,28-40,42-43,47,49H,5,25,27,41,44H2,1-4H3. The van der Waals surface area contributed by atoms with E-state index in [0.29, 0.717) is 18.4 Å². The number of ether oxygens (including phenoxy) is 1. The van der Waals surface area contributed by atoms with Gasteiger partial charge in [-0.2, -0.15) is 0 Å². The Morgan fingerprint density at radius 3 is 1.81 bits per heavy atom. The molecule has 0 N–H and O–H groups in total. The van der Waals surface area contributed by atoms with Crippen LogP contribution < -0.4 is 9.64 Å². The lowest BCUT2D eigenvalue weighted by Crippen LogP contribution is -2.29. The second-order valence-corrected chi connectivity index (χ2v) is 19.3. The Labute approximate surface area is 403 Å². The molecule has 3 unspecified atom stereocenters. The normalized spacial score (nSPS) is 15.4. The highest BCUT2D eigenvalue weighted by Crippen LogP contribution is 2.57. The highest BCUT2D eigenvalue weighted by atomic mass is 16.5. The molecule has 11 rings (SSSR count). The van der Waals surface area contributed by atoms with Gasteiger partial charge in [-0.15, -0.1) is 0 Å². The molecule has 0 heterocycles. The highest BCUT2D eigenvalue weighted by Gasteiger charge is 2.46. The largest absolute Gasteiger partial charge is 0.489 e. The van der Waals surface area contributed by atoms with Gasteiger partial charge in [-0.3, -0.25) is 0 Å². The first kappa shape index (κ1) is 43.2. The van der Waals surface area contributed by atoms with Crippen LogP contribution in [0.5, 0.6) is 5.75 Å². The first-order chi connectivity index (χ1) is 33.3. The SMILES string of the molecule is CCC(CC(C)c1ccc(COc2ccc(C3(c4cc(C)cc(C)c4)c4ccccc4-c4ccc(N(c5ccccc5)c5ccc(-c6ccccc6)cc5)cc43)cc2)cc1)c1ccc2c(c1)CC2. The maximum atomic E-state index is 6.57. The van der Waals surface area contributed by atoms with E-state index in [1.807, 2.05) is 0 Å². The van der Waals surface area contributed by atoms with Gasteiger partial charge in [0.15, 0.2) is 0 Å². The molecule has 0 saturated heterocycles. The molecule has 0 aromatic heterocycles. The first-order valence-corrected chi connectivity index (χ1v) is 24.6. The van der Waals surface area contributed by atoms with Crippen molar-refractivity contribution >= 4 is 17.1 Å². The maximum absolute atomic E-state index is 6.57. The molecule has 0 aliphatic heterocycles. The molecule has 2 aliphatic rings. The lowest BCUT2D eigenvalue weighted by molar-refractivity contribution is 0.306. The Morgan fingerprint density at radius 2 is 1.12 bits per heavy atom. The molecular formula is C66H59NO. The Hall–Kier alpha value is -7.42. The number of hydrogen-bond acceptors (Lipinski definition) is 2. The Bertz CT molecular complexity index is 3190. The summed E-state index contributed by atoms with van der Waals surface area (Å²) in [6.45, 7) is 9.67. The van der Waals surface area contributed by atoms with Gasteiger partial charge >= 0.3 is 0 Å². The van der Waals surface area contributed by atoms with E-state index < -0.39 is 5.41 Å². The average Bonchev–Trinajstić information content (AvgIpc) is 3.67. The monoisotopic (exact) mass is 881 g/mol. The van der Waals surface area contributed by atoms with Crippen LogP contribution in [0.3, 0.4) is 0 Å². The molecule has 9 aromatic carbocycles. The molecule has 2 heteroatoms. The zero-order valence-corrected chi connectivity index (χ0v) is 39.8. The summed E-state index contributed by atoms with van der Waals surface area (Å²) in [7, 11) is 0. The van der Waals surface area contributed by atoms with Gasteiger partial charge in [-0.25, -0.2) is 0 Å². The summed E-state index contributed by atoms with van der Waals surface area (Å²) < 4.78 is 6.57. The predicted octanol–water partition coefficient (Wildman–Crippen LogP) is 17.2. The van der Waals surface area contributed by atoms with Crippen molar-refractivity contribution in [3.05, 3.63) is 274 Å². The van der Waals surface area contributed by atoms with Crippen molar-refractivity contribution in [2.75, 3.05) is 4.90 Å². The van der Waals surface area contributed by atoms with Crippen molar-refractivity contribution < 1.29 is 4.74 Å². The van der Waals surface area contributed by atoms with Crippen LogP contribution >= 0.6 is 0 Å². The fourth-order valence-electron chi connectivity index (χ4n) is 11.3. The first-order valence-electron chi connectivity index (χ1n) is 24.6. The van der Waals surface area contributed by atoms with E-state index in [1.165, 1.54) is 85.2 Å². The molecule has 3 atom stereocenters. The molecule has 0 fully saturated rings. The summed E-state index contributed by atoms with van der Waals surface area (Å²) in [4.78, 5) is 2.39. The van der Waals surface area contributed by atoms with Crippen molar-refractivity contribution in [3.63, 3.8) is 0 Å². The maximum Gasteiger partial charge on any atom is 0.119 e. The van der Waals surface area contributed by atoms with Crippen LogP contribution in [-0.4, -0.2) is 0 Å². The van der Waals surface area contributed by atoms with Crippen LogP contribution in [0.2, 0.25) is 0 Å². The third-order valence-electron chi connectivity index (χ3n) is 14.9. The quantitative estimate of drug-likeness (QED) is 0.108. The summed E-state index contributed by atoms with van der Waals surface area (Å²) in [5.41, 5.74) is 22.4. The van der Waals surface area contributed by atoms with Gasteiger partial charge in [0.25, 0.3) is 0 Å². The van der Waals surface area contributed by atoms with Crippen LogP contribution in [0.15, 0.2) is 212 Å². The summed E-state index contributed by atoms with van der Waals surface area (Å²) in [5, 5.41) is 0. The number of para-hydroxylation sites is 1. The molecule has 0 saturated carbocycles. The molecule has 9 aromatic rings. The van der Waals surface area contributed by atoms with Gasteiger partial charge in [-0.1, -0.05) is 189 Å². The van der Waals surface area contributed by atoms with E-state index in [9.17, 15) is 0 Å². The number of hydrogen-bond donors (Lipinski definition) is 0. The molecule has 2 nitrogen and oxygen atoms in total. The van der Waals surface area contributed by atoms with Crippen LogP contribution in [-0.2, 0) is 24.9 Å². The van der Waals surface area contributed by atoms with E-state index in [1.54, 1.807) is 11.1 Å². The fourth-order valence-corrected chi connectivity index (χ4v) is 11.3. The third-order valence-corrected chi connectivity index (χ3v) is 14.9. The zero-order valence-electron chi connectivity index (χ0n) is 39.8. The van der Waals surface area contributed by atoms with Gasteiger partial charge in [0, 0.05) is 17.1 Å². The van der Waals surface area contributed by atoms with Crippen molar-refractivity contribution in [1.82, 2.24) is 0 Å². The summed E-state index contributed by atoms with van der Waals surface area (Å²) >= 11 is 0.